The Morgan fingerprint density at radius 1 is 1.04 bits per heavy atom. The first kappa shape index (κ1) is 16.1. The van der Waals surface area contributed by atoms with Gasteiger partial charge in [0.1, 0.15) is 5.56 Å². The Labute approximate surface area is 145 Å². The van der Waals surface area contributed by atoms with E-state index in [-0.39, 0.29) is 0 Å². The second-order valence-electron chi connectivity index (χ2n) is 5.05. The van der Waals surface area contributed by atoms with Crippen LogP contribution in [0.15, 0.2) is 60.8 Å². The Morgan fingerprint density at radius 2 is 1.75 bits per heavy atom. The maximum absolute atomic E-state index is 12.2. The van der Waals surface area contributed by atoms with Gasteiger partial charge in [-0.2, -0.15) is 0 Å². The van der Waals surface area contributed by atoms with Crippen molar-refractivity contribution in [2.24, 2.45) is 0 Å². The van der Waals surface area contributed by atoms with Crippen molar-refractivity contribution in [3.05, 3.63) is 71.4 Å². The third-order valence-corrected chi connectivity index (χ3v) is 3.69. The Balaban J connectivity index is 2.12. The SMILES string of the molecule is CCOC(=O)c1cnc(-c2ccc(Cl)cc2)nc1-c1ccccc1. The van der Waals surface area contributed by atoms with Gasteiger partial charge >= 0.3 is 5.97 Å². The van der Waals surface area contributed by atoms with Gasteiger partial charge in [0.25, 0.3) is 0 Å². The molecule has 0 unspecified atom stereocenters. The van der Waals surface area contributed by atoms with Gasteiger partial charge in [-0.3, -0.25) is 0 Å². The zero-order valence-corrected chi connectivity index (χ0v) is 13.8. The van der Waals surface area contributed by atoms with Crippen LogP contribution in [0.5, 0.6) is 0 Å². The zero-order chi connectivity index (χ0) is 16.9. The third kappa shape index (κ3) is 3.44. The van der Waals surface area contributed by atoms with E-state index in [9.17, 15) is 4.79 Å². The van der Waals surface area contributed by atoms with Crippen LogP contribution in [0.3, 0.4) is 0 Å². The van der Waals surface area contributed by atoms with Crippen molar-refractivity contribution in [1.82, 2.24) is 9.97 Å². The fraction of sp³-hybridized carbons (Fsp3) is 0.105. The summed E-state index contributed by atoms with van der Waals surface area (Å²) in [5.74, 6) is 0.0950. The number of hydrogen-bond donors (Lipinski definition) is 0. The lowest BCUT2D eigenvalue weighted by Crippen LogP contribution is -2.09. The van der Waals surface area contributed by atoms with Crippen molar-refractivity contribution >= 4 is 17.6 Å². The molecule has 0 N–H and O–H groups in total. The van der Waals surface area contributed by atoms with Crippen LogP contribution in [-0.4, -0.2) is 22.5 Å². The molecule has 0 atom stereocenters. The Hall–Kier alpha value is -2.72. The van der Waals surface area contributed by atoms with Gasteiger partial charge in [0.2, 0.25) is 0 Å². The summed E-state index contributed by atoms with van der Waals surface area (Å²) in [5, 5.41) is 0.644. The van der Waals surface area contributed by atoms with Gasteiger partial charge in [-0.15, -0.1) is 0 Å². The second kappa shape index (κ2) is 7.23. The molecule has 0 aliphatic carbocycles. The Morgan fingerprint density at radius 3 is 2.42 bits per heavy atom. The number of esters is 1. The highest BCUT2D eigenvalue weighted by atomic mass is 35.5. The molecule has 0 aliphatic heterocycles. The molecule has 120 valence electrons. The van der Waals surface area contributed by atoms with Gasteiger partial charge in [0.05, 0.1) is 12.3 Å². The molecular weight excluding hydrogens is 324 g/mol. The van der Waals surface area contributed by atoms with E-state index in [1.165, 1.54) is 6.20 Å². The van der Waals surface area contributed by atoms with E-state index >= 15 is 0 Å². The summed E-state index contributed by atoms with van der Waals surface area (Å²) in [6, 6.07) is 16.8. The van der Waals surface area contributed by atoms with Crippen LogP contribution in [-0.2, 0) is 4.74 Å². The third-order valence-electron chi connectivity index (χ3n) is 3.43. The highest BCUT2D eigenvalue weighted by Gasteiger charge is 2.17. The van der Waals surface area contributed by atoms with Crippen LogP contribution in [0.1, 0.15) is 17.3 Å². The lowest BCUT2D eigenvalue weighted by Gasteiger charge is -2.10. The van der Waals surface area contributed by atoms with Crippen LogP contribution in [0.25, 0.3) is 22.6 Å². The summed E-state index contributed by atoms with van der Waals surface area (Å²) in [6.45, 7) is 2.06. The van der Waals surface area contributed by atoms with Crippen molar-refractivity contribution in [3.8, 4) is 22.6 Å². The predicted octanol–water partition coefficient (Wildman–Crippen LogP) is 4.64. The summed E-state index contributed by atoms with van der Waals surface area (Å²) in [5.41, 5.74) is 2.56. The van der Waals surface area contributed by atoms with E-state index in [4.69, 9.17) is 16.3 Å². The monoisotopic (exact) mass is 338 g/mol. The van der Waals surface area contributed by atoms with Gasteiger partial charge in [-0.05, 0) is 31.2 Å². The van der Waals surface area contributed by atoms with Crippen LogP contribution in [0.4, 0.5) is 0 Å². The average Bonchev–Trinajstić information content (AvgIpc) is 2.63. The smallest absolute Gasteiger partial charge is 0.341 e. The van der Waals surface area contributed by atoms with Gasteiger partial charge in [0, 0.05) is 22.3 Å². The molecule has 0 saturated heterocycles. The number of hydrogen-bond acceptors (Lipinski definition) is 4. The van der Waals surface area contributed by atoms with Crippen LogP contribution >= 0.6 is 11.6 Å². The number of carbonyl (C=O) groups excluding carboxylic acids is 1. The van der Waals surface area contributed by atoms with E-state index in [0.29, 0.717) is 28.7 Å². The van der Waals surface area contributed by atoms with Crippen molar-refractivity contribution in [2.45, 2.75) is 6.92 Å². The number of nitrogens with zero attached hydrogens (tertiary/aromatic N) is 2. The molecule has 4 nitrogen and oxygen atoms in total. The average molecular weight is 339 g/mol. The van der Waals surface area contributed by atoms with Crippen molar-refractivity contribution in [3.63, 3.8) is 0 Å². The molecule has 3 rings (SSSR count). The molecule has 0 saturated carbocycles. The largest absolute Gasteiger partial charge is 0.462 e. The number of aromatic nitrogens is 2. The van der Waals surface area contributed by atoms with Gasteiger partial charge in [0.15, 0.2) is 5.82 Å². The number of ether oxygens (including phenoxy) is 1. The minimum Gasteiger partial charge on any atom is -0.462 e. The highest BCUT2D eigenvalue weighted by Crippen LogP contribution is 2.25. The molecule has 5 heteroatoms. The van der Waals surface area contributed by atoms with E-state index in [2.05, 4.69) is 9.97 Å². The summed E-state index contributed by atoms with van der Waals surface area (Å²) in [6.07, 6.45) is 1.51. The molecule has 3 aromatic rings. The molecule has 0 amide bonds. The van der Waals surface area contributed by atoms with Crippen LogP contribution in [0, 0.1) is 0 Å². The molecule has 0 bridgehead atoms. The molecule has 2 aromatic carbocycles. The number of rotatable bonds is 4. The summed E-state index contributed by atoms with van der Waals surface area (Å²) in [4.78, 5) is 21.1. The molecule has 0 spiro atoms. The number of halogens is 1. The summed E-state index contributed by atoms with van der Waals surface area (Å²) >= 11 is 5.93. The van der Waals surface area contributed by atoms with Crippen LogP contribution in [0.2, 0.25) is 5.02 Å². The molecule has 1 aromatic heterocycles. The standard InChI is InChI=1S/C19H15ClN2O2/c1-2-24-19(23)16-12-21-18(14-8-10-15(20)11-9-14)22-17(16)13-6-4-3-5-7-13/h3-12H,2H2,1H3. The van der Waals surface area contributed by atoms with E-state index in [0.717, 1.165) is 11.1 Å². The molecule has 24 heavy (non-hydrogen) atoms. The van der Waals surface area contributed by atoms with E-state index in [1.54, 1.807) is 19.1 Å². The summed E-state index contributed by atoms with van der Waals surface area (Å²) < 4.78 is 5.12. The molecule has 0 aliphatic rings. The van der Waals surface area contributed by atoms with E-state index < -0.39 is 5.97 Å². The maximum atomic E-state index is 12.2. The Kier molecular flexibility index (Phi) is 4.87. The van der Waals surface area contributed by atoms with Crippen LogP contribution < -0.4 is 0 Å². The van der Waals surface area contributed by atoms with Gasteiger partial charge in [-0.1, -0.05) is 41.9 Å². The van der Waals surface area contributed by atoms with Crippen molar-refractivity contribution in [1.29, 1.82) is 0 Å². The highest BCUT2D eigenvalue weighted by molar-refractivity contribution is 6.30. The first-order chi connectivity index (χ1) is 11.7. The lowest BCUT2D eigenvalue weighted by atomic mass is 10.1. The fourth-order valence-electron chi connectivity index (χ4n) is 2.29. The van der Waals surface area contributed by atoms with E-state index in [1.807, 2.05) is 42.5 Å². The lowest BCUT2D eigenvalue weighted by molar-refractivity contribution is 0.0526. The van der Waals surface area contributed by atoms with Crippen molar-refractivity contribution in [2.75, 3.05) is 6.61 Å². The first-order valence-electron chi connectivity index (χ1n) is 7.54. The second-order valence-corrected chi connectivity index (χ2v) is 5.49. The predicted molar refractivity (Wildman–Crippen MR) is 93.9 cm³/mol. The first-order valence-corrected chi connectivity index (χ1v) is 7.92. The number of carbonyl (C=O) groups is 1. The minimum absolute atomic E-state index is 0.298. The van der Waals surface area contributed by atoms with Gasteiger partial charge in [-0.25, -0.2) is 14.8 Å². The Bertz CT molecular complexity index is 849. The molecular formula is C19H15ClN2O2. The van der Waals surface area contributed by atoms with Gasteiger partial charge < -0.3 is 4.74 Å². The quantitative estimate of drug-likeness (QED) is 0.650. The maximum Gasteiger partial charge on any atom is 0.341 e. The topological polar surface area (TPSA) is 52.1 Å². The zero-order valence-electron chi connectivity index (χ0n) is 13.1. The molecule has 0 radical (unpaired) electrons. The molecule has 0 fully saturated rings. The van der Waals surface area contributed by atoms with Crippen molar-refractivity contribution < 1.29 is 9.53 Å². The fourth-order valence-corrected chi connectivity index (χ4v) is 2.42. The minimum atomic E-state index is -0.431. The number of benzene rings is 2. The molecule has 1 heterocycles. The normalized spacial score (nSPS) is 10.4. The summed E-state index contributed by atoms with van der Waals surface area (Å²) in [7, 11) is 0.